The van der Waals surface area contributed by atoms with E-state index in [-0.39, 0.29) is 0 Å². The van der Waals surface area contributed by atoms with E-state index in [4.69, 9.17) is 4.42 Å². The van der Waals surface area contributed by atoms with Crippen molar-refractivity contribution in [2.45, 2.75) is 30.4 Å². The van der Waals surface area contributed by atoms with E-state index in [0.717, 1.165) is 50.1 Å². The molecule has 2 aliphatic heterocycles. The van der Waals surface area contributed by atoms with Crippen LogP contribution in [0.1, 0.15) is 44.5 Å². The molecule has 0 atom stereocenters. The summed E-state index contributed by atoms with van der Waals surface area (Å²) >= 11 is 3.77. The molecule has 2 aliphatic carbocycles. The zero-order valence-corrected chi connectivity index (χ0v) is 40.5. The monoisotopic (exact) mass is 951 g/mol. The zero-order valence-electron chi connectivity index (χ0n) is 38.8. The Labute approximate surface area is 426 Å². The third-order valence-electron chi connectivity index (χ3n) is 16.0. The van der Waals surface area contributed by atoms with Gasteiger partial charge in [0.1, 0.15) is 11.2 Å². The topological polar surface area (TPSA) is 16.4 Å². The van der Waals surface area contributed by atoms with E-state index in [2.05, 4.69) is 241 Å². The van der Waals surface area contributed by atoms with Crippen molar-refractivity contribution >= 4 is 62.5 Å². The predicted octanol–water partition coefficient (Wildman–Crippen LogP) is 18.4. The number of hydrogen-bond acceptors (Lipinski definition) is 4. The normalized spacial score (nSPS) is 14.5. The predicted molar refractivity (Wildman–Crippen MR) is 297 cm³/mol. The summed E-state index contributed by atoms with van der Waals surface area (Å²) in [5.74, 6) is 0. The van der Waals surface area contributed by atoms with Gasteiger partial charge in [-0.25, -0.2) is 0 Å². The molecule has 1 aromatic heterocycles. The summed E-state index contributed by atoms with van der Waals surface area (Å²) in [6.07, 6.45) is 0. The second-order valence-electron chi connectivity index (χ2n) is 19.4. The van der Waals surface area contributed by atoms with Crippen LogP contribution >= 0.6 is 23.5 Å². The Hall–Kier alpha value is -8.28. The standard InChI is InChI=1S/C68H41NOS2/c1-4-19-51-46(16-1)50-41-45(37-39-53(50)67(51)54-21-6-11-28-62(54)71-63-29-12-7-22-55(63)67)69(44-35-32-42(33-36-44)43-34-38-48-47-17-3-10-27-60(47)70-61(48)40-43)59-26-15-25-58-66(59)49-18-2-5-20-52(49)68(58)56-23-8-13-30-64(56)72-65-31-14-9-24-57(65)68/h1-41H. The summed E-state index contributed by atoms with van der Waals surface area (Å²) in [4.78, 5) is 7.74. The maximum Gasteiger partial charge on any atom is 0.136 e. The van der Waals surface area contributed by atoms with Gasteiger partial charge in [0.2, 0.25) is 0 Å². The van der Waals surface area contributed by atoms with Crippen molar-refractivity contribution in [2.75, 3.05) is 4.90 Å². The maximum atomic E-state index is 6.39. The highest BCUT2D eigenvalue weighted by Crippen LogP contribution is 2.66. The lowest BCUT2D eigenvalue weighted by molar-refractivity contribution is 0.669. The molecule has 16 rings (SSSR count). The van der Waals surface area contributed by atoms with Crippen molar-refractivity contribution in [3.05, 3.63) is 293 Å². The van der Waals surface area contributed by atoms with Crippen LogP contribution in [0, 0.1) is 0 Å². The van der Waals surface area contributed by atoms with Crippen molar-refractivity contribution < 1.29 is 4.42 Å². The highest BCUT2D eigenvalue weighted by molar-refractivity contribution is 7.99. The Morgan fingerprint density at radius 1 is 0.306 bits per heavy atom. The highest BCUT2D eigenvalue weighted by atomic mass is 32.2. The van der Waals surface area contributed by atoms with Gasteiger partial charge in [0.15, 0.2) is 0 Å². The largest absolute Gasteiger partial charge is 0.456 e. The minimum atomic E-state index is -0.506. The smallest absolute Gasteiger partial charge is 0.136 e. The molecule has 4 aliphatic rings. The lowest BCUT2D eigenvalue weighted by atomic mass is 9.67. The molecule has 0 fully saturated rings. The van der Waals surface area contributed by atoms with Crippen LogP contribution < -0.4 is 4.90 Å². The molecule has 2 nitrogen and oxygen atoms in total. The van der Waals surface area contributed by atoms with Crippen LogP contribution in [0.3, 0.4) is 0 Å². The highest BCUT2D eigenvalue weighted by Gasteiger charge is 2.52. The Morgan fingerprint density at radius 3 is 1.43 bits per heavy atom. The van der Waals surface area contributed by atoms with Gasteiger partial charge in [-0.2, -0.15) is 0 Å². The average Bonchev–Trinajstić information content (AvgIpc) is 4.07. The Morgan fingerprint density at radius 2 is 0.778 bits per heavy atom. The van der Waals surface area contributed by atoms with E-state index in [1.54, 1.807) is 0 Å². The first-order chi connectivity index (χ1) is 35.7. The number of furan rings is 1. The first kappa shape index (κ1) is 40.4. The van der Waals surface area contributed by atoms with E-state index in [1.165, 1.54) is 86.3 Å². The van der Waals surface area contributed by atoms with Crippen molar-refractivity contribution in [3.8, 4) is 33.4 Å². The molecule has 0 radical (unpaired) electrons. The molecule has 72 heavy (non-hydrogen) atoms. The van der Waals surface area contributed by atoms with Gasteiger partial charge in [-0.05, 0) is 145 Å². The number of fused-ring (bicyclic) bond motifs is 21. The SMILES string of the molecule is c1ccc2c(c1)Sc1ccccc1C21c2ccccc2-c2cc(N(c3ccc(-c4ccc5c(c4)oc4ccccc45)cc3)c3cccc4c3-c3ccccc3C43c4ccccc4Sc4ccccc43)ccc21. The Bertz CT molecular complexity index is 4170. The second-order valence-corrected chi connectivity index (χ2v) is 21.6. The number of anilines is 3. The molecule has 0 N–H and O–H groups in total. The fourth-order valence-electron chi connectivity index (χ4n) is 13.2. The van der Waals surface area contributed by atoms with E-state index >= 15 is 0 Å². The number of para-hydroxylation sites is 1. The molecule has 0 unspecified atom stereocenters. The third kappa shape index (κ3) is 5.33. The van der Waals surface area contributed by atoms with Crippen LogP contribution in [-0.4, -0.2) is 0 Å². The molecule has 0 bridgehead atoms. The summed E-state index contributed by atoms with van der Waals surface area (Å²) in [7, 11) is 0. The minimum Gasteiger partial charge on any atom is -0.456 e. The van der Waals surface area contributed by atoms with Crippen molar-refractivity contribution in [1.29, 1.82) is 0 Å². The quantitative estimate of drug-likeness (QED) is 0.175. The number of hydrogen-bond donors (Lipinski definition) is 0. The molecule has 11 aromatic carbocycles. The fourth-order valence-corrected chi connectivity index (χ4v) is 15.6. The van der Waals surface area contributed by atoms with Gasteiger partial charge < -0.3 is 9.32 Å². The number of rotatable bonds is 4. The molecule has 12 aromatic rings. The van der Waals surface area contributed by atoms with Gasteiger partial charge in [0.05, 0.1) is 16.5 Å². The minimum absolute atomic E-state index is 0.463. The Kier molecular flexibility index (Phi) is 8.49. The van der Waals surface area contributed by atoms with Crippen LogP contribution in [-0.2, 0) is 10.8 Å². The van der Waals surface area contributed by atoms with Gasteiger partial charge in [0.25, 0.3) is 0 Å². The van der Waals surface area contributed by atoms with Crippen LogP contribution in [0.25, 0.3) is 55.3 Å². The van der Waals surface area contributed by atoms with E-state index in [0.29, 0.717) is 0 Å². The molecule has 0 amide bonds. The van der Waals surface area contributed by atoms with Crippen molar-refractivity contribution in [3.63, 3.8) is 0 Å². The number of nitrogens with zero attached hydrogens (tertiary/aromatic N) is 1. The molecule has 0 saturated carbocycles. The van der Waals surface area contributed by atoms with E-state index in [9.17, 15) is 0 Å². The molecule has 0 saturated heterocycles. The van der Waals surface area contributed by atoms with Crippen LogP contribution in [0.2, 0.25) is 0 Å². The third-order valence-corrected chi connectivity index (χ3v) is 18.3. The molecule has 3 heterocycles. The van der Waals surface area contributed by atoms with E-state index in [1.807, 2.05) is 35.7 Å². The fraction of sp³-hybridized carbons (Fsp3) is 0.0294. The molecule has 336 valence electrons. The van der Waals surface area contributed by atoms with Crippen LogP contribution in [0.15, 0.2) is 273 Å². The lowest BCUT2D eigenvalue weighted by Crippen LogP contribution is -2.32. The van der Waals surface area contributed by atoms with Gasteiger partial charge in [-0.15, -0.1) is 0 Å². The Balaban J connectivity index is 0.944. The summed E-state index contributed by atoms with van der Waals surface area (Å²) in [5, 5.41) is 2.27. The van der Waals surface area contributed by atoms with Crippen molar-refractivity contribution in [2.24, 2.45) is 0 Å². The van der Waals surface area contributed by atoms with Gasteiger partial charge in [-0.3, -0.25) is 0 Å². The summed E-state index contributed by atoms with van der Waals surface area (Å²) < 4.78 is 6.39. The second kappa shape index (κ2) is 15.1. The van der Waals surface area contributed by atoms with Crippen LogP contribution in [0.5, 0.6) is 0 Å². The lowest BCUT2D eigenvalue weighted by Gasteiger charge is -2.40. The van der Waals surface area contributed by atoms with Gasteiger partial charge >= 0.3 is 0 Å². The molecular formula is C68H41NOS2. The summed E-state index contributed by atoms with van der Waals surface area (Å²) in [6, 6.07) is 93.0. The van der Waals surface area contributed by atoms with E-state index < -0.39 is 10.8 Å². The first-order valence-corrected chi connectivity index (χ1v) is 26.4. The number of benzene rings is 11. The first-order valence-electron chi connectivity index (χ1n) is 24.7. The molecule has 4 heteroatoms. The van der Waals surface area contributed by atoms with Crippen LogP contribution in [0.4, 0.5) is 17.1 Å². The van der Waals surface area contributed by atoms with Gasteiger partial charge in [-0.1, -0.05) is 199 Å². The maximum absolute atomic E-state index is 6.39. The molecule has 2 spiro atoms. The van der Waals surface area contributed by atoms with Crippen molar-refractivity contribution in [1.82, 2.24) is 0 Å². The summed E-state index contributed by atoms with van der Waals surface area (Å²) in [6.45, 7) is 0. The zero-order chi connectivity index (χ0) is 47.1. The average molecular weight is 952 g/mol. The van der Waals surface area contributed by atoms with Gasteiger partial charge in [0, 0.05) is 47.3 Å². The summed E-state index contributed by atoms with van der Waals surface area (Å²) in [5.41, 5.74) is 22.1. The molecular weight excluding hydrogens is 911 g/mol.